The Kier molecular flexibility index (Phi) is 6.05. The largest absolute Gasteiger partial charge is 0.481 e. The van der Waals surface area contributed by atoms with Gasteiger partial charge in [0.05, 0.1) is 0 Å². The summed E-state index contributed by atoms with van der Waals surface area (Å²) in [4.78, 5) is 57.2. The smallest absolute Gasteiger partial charge is 0.328 e. The minimum absolute atomic E-state index is 0.0489. The maximum Gasteiger partial charge on any atom is 0.328 e. The SMILES string of the molecule is O=C(O)CC[C@H](NC(=O)CCn1ccc(=O)[nH]c1=O)C(=O)O. The summed E-state index contributed by atoms with van der Waals surface area (Å²) < 4.78 is 1.09. The average molecular weight is 313 g/mol. The van der Waals surface area contributed by atoms with Gasteiger partial charge < -0.3 is 20.1 Å². The zero-order valence-electron chi connectivity index (χ0n) is 11.4. The van der Waals surface area contributed by atoms with Gasteiger partial charge in [-0.05, 0) is 6.42 Å². The molecular weight excluding hydrogens is 298 g/mol. The number of carboxylic acids is 2. The molecule has 0 radical (unpaired) electrons. The van der Waals surface area contributed by atoms with Gasteiger partial charge in [0.2, 0.25) is 5.91 Å². The normalized spacial score (nSPS) is 11.6. The molecule has 0 spiro atoms. The molecule has 0 saturated heterocycles. The van der Waals surface area contributed by atoms with Crippen LogP contribution in [0.5, 0.6) is 0 Å². The molecule has 1 amide bonds. The molecule has 1 atom stereocenters. The van der Waals surface area contributed by atoms with Crippen molar-refractivity contribution in [2.75, 3.05) is 0 Å². The predicted molar refractivity (Wildman–Crippen MR) is 72.4 cm³/mol. The lowest BCUT2D eigenvalue weighted by molar-refractivity contribution is -0.143. The van der Waals surface area contributed by atoms with Crippen molar-refractivity contribution < 1.29 is 24.6 Å². The number of rotatable bonds is 8. The number of hydrogen-bond acceptors (Lipinski definition) is 5. The third-order valence-corrected chi connectivity index (χ3v) is 2.76. The Morgan fingerprint density at radius 2 is 1.91 bits per heavy atom. The van der Waals surface area contributed by atoms with Crippen molar-refractivity contribution in [3.63, 3.8) is 0 Å². The van der Waals surface area contributed by atoms with Crippen LogP contribution < -0.4 is 16.6 Å². The number of carbonyl (C=O) groups excluding carboxylic acids is 1. The van der Waals surface area contributed by atoms with Gasteiger partial charge in [-0.25, -0.2) is 9.59 Å². The molecule has 22 heavy (non-hydrogen) atoms. The molecule has 120 valence electrons. The van der Waals surface area contributed by atoms with Gasteiger partial charge in [-0.1, -0.05) is 0 Å². The molecule has 1 rings (SSSR count). The topological polar surface area (TPSA) is 159 Å². The highest BCUT2D eigenvalue weighted by atomic mass is 16.4. The number of nitrogens with zero attached hydrogens (tertiary/aromatic N) is 1. The van der Waals surface area contributed by atoms with E-state index >= 15 is 0 Å². The zero-order valence-corrected chi connectivity index (χ0v) is 11.4. The summed E-state index contributed by atoms with van der Waals surface area (Å²) in [6.07, 6.45) is 0.391. The lowest BCUT2D eigenvalue weighted by atomic mass is 10.1. The van der Waals surface area contributed by atoms with E-state index in [0.29, 0.717) is 0 Å². The quantitative estimate of drug-likeness (QED) is 0.448. The predicted octanol–water partition coefficient (Wildman–Crippen LogP) is -1.64. The summed E-state index contributed by atoms with van der Waals surface area (Å²) in [6.45, 7) is -0.0489. The molecule has 1 aromatic rings. The summed E-state index contributed by atoms with van der Waals surface area (Å²) in [5, 5.41) is 19.6. The van der Waals surface area contributed by atoms with Gasteiger partial charge in [0.1, 0.15) is 6.04 Å². The van der Waals surface area contributed by atoms with E-state index in [1.165, 1.54) is 6.20 Å². The molecular formula is C12H15N3O7. The molecule has 0 aromatic carbocycles. The number of carbonyl (C=O) groups is 3. The maximum atomic E-state index is 11.6. The summed E-state index contributed by atoms with van der Waals surface area (Å²) >= 11 is 0. The number of amides is 1. The fourth-order valence-corrected chi connectivity index (χ4v) is 1.63. The highest BCUT2D eigenvalue weighted by Gasteiger charge is 2.20. The Hall–Kier alpha value is -2.91. The molecule has 0 bridgehead atoms. The summed E-state index contributed by atoms with van der Waals surface area (Å²) in [5.41, 5.74) is -1.24. The minimum atomic E-state index is -1.34. The lowest BCUT2D eigenvalue weighted by Crippen LogP contribution is -2.41. The highest BCUT2D eigenvalue weighted by molar-refractivity contribution is 5.83. The van der Waals surface area contributed by atoms with Crippen molar-refractivity contribution in [1.82, 2.24) is 14.9 Å². The second-order valence-electron chi connectivity index (χ2n) is 4.44. The number of H-pyrrole nitrogens is 1. The zero-order chi connectivity index (χ0) is 16.7. The molecule has 0 aliphatic carbocycles. The fourth-order valence-electron chi connectivity index (χ4n) is 1.63. The summed E-state index contributed by atoms with van der Waals surface area (Å²) in [6, 6.07) is -0.192. The Morgan fingerprint density at radius 1 is 1.23 bits per heavy atom. The number of carboxylic acid groups (broad SMARTS) is 2. The Balaban J connectivity index is 2.56. The number of aryl methyl sites for hydroxylation is 1. The molecule has 0 aliphatic rings. The van der Waals surface area contributed by atoms with E-state index in [2.05, 4.69) is 5.32 Å². The third kappa shape index (κ3) is 5.61. The lowest BCUT2D eigenvalue weighted by Gasteiger charge is -2.13. The van der Waals surface area contributed by atoms with Gasteiger partial charge in [-0.2, -0.15) is 0 Å². The molecule has 0 fully saturated rings. The Labute approximate surface area is 123 Å². The first-order chi connectivity index (χ1) is 10.3. The number of aliphatic carboxylic acids is 2. The molecule has 10 nitrogen and oxygen atoms in total. The summed E-state index contributed by atoms with van der Waals surface area (Å²) in [5.74, 6) is -3.15. The van der Waals surface area contributed by atoms with Crippen LogP contribution in [-0.2, 0) is 20.9 Å². The van der Waals surface area contributed by atoms with Gasteiger partial charge in [-0.3, -0.25) is 19.4 Å². The van der Waals surface area contributed by atoms with Crippen LogP contribution >= 0.6 is 0 Å². The van der Waals surface area contributed by atoms with Crippen LogP contribution in [0.4, 0.5) is 0 Å². The monoisotopic (exact) mass is 313 g/mol. The van der Waals surface area contributed by atoms with Crippen molar-refractivity contribution in [2.45, 2.75) is 31.8 Å². The van der Waals surface area contributed by atoms with E-state index in [0.717, 1.165) is 10.6 Å². The van der Waals surface area contributed by atoms with Crippen molar-refractivity contribution in [1.29, 1.82) is 0 Å². The van der Waals surface area contributed by atoms with E-state index in [-0.39, 0.29) is 19.4 Å². The third-order valence-electron chi connectivity index (χ3n) is 2.76. The first kappa shape index (κ1) is 17.1. The van der Waals surface area contributed by atoms with Crippen molar-refractivity contribution in [3.8, 4) is 0 Å². The number of aromatic nitrogens is 2. The van der Waals surface area contributed by atoms with Crippen LogP contribution in [0, 0.1) is 0 Å². The highest BCUT2D eigenvalue weighted by Crippen LogP contribution is 1.99. The van der Waals surface area contributed by atoms with Crippen molar-refractivity contribution in [3.05, 3.63) is 33.1 Å². The number of aromatic amines is 1. The molecule has 0 unspecified atom stereocenters. The second kappa shape index (κ2) is 7.76. The van der Waals surface area contributed by atoms with Crippen LogP contribution in [0.15, 0.2) is 21.9 Å². The Morgan fingerprint density at radius 3 is 2.45 bits per heavy atom. The fraction of sp³-hybridized carbons (Fsp3) is 0.417. The van der Waals surface area contributed by atoms with Gasteiger partial charge in [0.25, 0.3) is 5.56 Å². The molecule has 0 aliphatic heterocycles. The van der Waals surface area contributed by atoms with E-state index in [9.17, 15) is 24.0 Å². The minimum Gasteiger partial charge on any atom is -0.481 e. The van der Waals surface area contributed by atoms with E-state index < -0.39 is 41.6 Å². The molecule has 0 saturated carbocycles. The van der Waals surface area contributed by atoms with E-state index in [1.54, 1.807) is 0 Å². The van der Waals surface area contributed by atoms with Crippen LogP contribution in [0.2, 0.25) is 0 Å². The van der Waals surface area contributed by atoms with Crippen LogP contribution in [0.25, 0.3) is 0 Å². The van der Waals surface area contributed by atoms with Crippen molar-refractivity contribution in [2.24, 2.45) is 0 Å². The second-order valence-corrected chi connectivity index (χ2v) is 4.44. The maximum absolute atomic E-state index is 11.6. The van der Waals surface area contributed by atoms with Crippen LogP contribution in [0.1, 0.15) is 19.3 Å². The Bertz CT molecular complexity index is 676. The van der Waals surface area contributed by atoms with E-state index in [4.69, 9.17) is 10.2 Å². The van der Waals surface area contributed by atoms with Crippen molar-refractivity contribution >= 4 is 17.8 Å². The summed E-state index contributed by atoms with van der Waals surface area (Å²) in [7, 11) is 0. The molecule has 1 heterocycles. The first-order valence-corrected chi connectivity index (χ1v) is 6.33. The molecule has 4 N–H and O–H groups in total. The standard InChI is InChI=1S/C12H15N3O7/c16-8(13-7(11(20)21)1-2-10(18)19)3-5-15-6-4-9(17)14-12(15)22/h4,6-7H,1-3,5H2,(H,13,16)(H,18,19)(H,20,21)(H,14,17,22)/t7-/m0/s1. The van der Waals surface area contributed by atoms with Gasteiger partial charge >= 0.3 is 17.6 Å². The number of nitrogens with one attached hydrogen (secondary N) is 2. The van der Waals surface area contributed by atoms with Gasteiger partial charge in [0.15, 0.2) is 0 Å². The number of hydrogen-bond donors (Lipinski definition) is 4. The van der Waals surface area contributed by atoms with Gasteiger partial charge in [-0.15, -0.1) is 0 Å². The van der Waals surface area contributed by atoms with E-state index in [1.807, 2.05) is 4.98 Å². The van der Waals surface area contributed by atoms with Gasteiger partial charge in [0, 0.05) is 31.6 Å². The van der Waals surface area contributed by atoms with Crippen LogP contribution in [-0.4, -0.2) is 43.7 Å². The van der Waals surface area contributed by atoms with Crippen LogP contribution in [0.3, 0.4) is 0 Å². The average Bonchev–Trinajstić information content (AvgIpc) is 2.41. The molecule has 1 aromatic heterocycles. The first-order valence-electron chi connectivity index (χ1n) is 6.33. The molecule has 10 heteroatoms.